The molecule has 6 nitrogen and oxygen atoms in total. The number of aromatic carboxylic acids is 1. The largest absolute Gasteiger partial charge is 0.478 e. The van der Waals surface area contributed by atoms with Crippen molar-refractivity contribution in [2.24, 2.45) is 0 Å². The molecule has 3 aliphatic heterocycles. The minimum Gasteiger partial charge on any atom is -0.478 e. The minimum atomic E-state index is -0.856. The number of carboxylic acids is 1. The Bertz CT molecular complexity index is 1220. The van der Waals surface area contributed by atoms with E-state index in [2.05, 4.69) is 46.2 Å². The summed E-state index contributed by atoms with van der Waals surface area (Å²) in [7, 11) is 0. The van der Waals surface area contributed by atoms with Gasteiger partial charge in [-0.1, -0.05) is 30.3 Å². The molecular formula is C27H26N2O4. The molecule has 0 unspecified atom stereocenters. The molecule has 1 atom stereocenters. The summed E-state index contributed by atoms with van der Waals surface area (Å²) in [6.07, 6.45) is 1.98. The molecule has 0 spiro atoms. The van der Waals surface area contributed by atoms with Crippen LogP contribution in [0.1, 0.15) is 27.9 Å². The molecule has 0 amide bonds. The third-order valence-electron chi connectivity index (χ3n) is 7.04. The number of piperazine rings is 1. The Morgan fingerprint density at radius 2 is 1.88 bits per heavy atom. The van der Waals surface area contributed by atoms with Gasteiger partial charge in [-0.25, -0.2) is 4.79 Å². The molecule has 0 aromatic heterocycles. The molecule has 0 aliphatic carbocycles. The summed E-state index contributed by atoms with van der Waals surface area (Å²) in [6.45, 7) is 4.13. The number of nitrogens with zero attached hydrogens (tertiary/aromatic N) is 2. The van der Waals surface area contributed by atoms with Gasteiger partial charge in [0.1, 0.15) is 0 Å². The van der Waals surface area contributed by atoms with Crippen molar-refractivity contribution in [3.8, 4) is 22.6 Å². The van der Waals surface area contributed by atoms with Gasteiger partial charge in [0.25, 0.3) is 0 Å². The summed E-state index contributed by atoms with van der Waals surface area (Å²) >= 11 is 0. The molecule has 168 valence electrons. The predicted octanol–water partition coefficient (Wildman–Crippen LogP) is 4.42. The molecule has 6 rings (SSSR count). The van der Waals surface area contributed by atoms with Crippen molar-refractivity contribution in [1.29, 1.82) is 0 Å². The van der Waals surface area contributed by atoms with Crippen LogP contribution in [0.4, 0.5) is 5.69 Å². The summed E-state index contributed by atoms with van der Waals surface area (Å²) in [4.78, 5) is 16.4. The highest BCUT2D eigenvalue weighted by Crippen LogP contribution is 2.38. The van der Waals surface area contributed by atoms with Gasteiger partial charge < -0.3 is 19.5 Å². The Morgan fingerprint density at radius 1 is 1.00 bits per heavy atom. The summed E-state index contributed by atoms with van der Waals surface area (Å²) < 4.78 is 11.1. The lowest BCUT2D eigenvalue weighted by atomic mass is 9.92. The van der Waals surface area contributed by atoms with Gasteiger partial charge >= 0.3 is 5.97 Å². The number of ether oxygens (including phenoxy) is 2. The zero-order valence-corrected chi connectivity index (χ0v) is 18.4. The Kier molecular flexibility index (Phi) is 4.95. The SMILES string of the molecule is O=C(O)c1ccc2c(c1)CC[C@@H]1CN(Cc3ccccc3-c3ccc4c(c3)OCO4)CCN21. The van der Waals surface area contributed by atoms with Gasteiger partial charge in [-0.2, -0.15) is 0 Å². The second kappa shape index (κ2) is 8.12. The van der Waals surface area contributed by atoms with Crippen molar-refractivity contribution in [3.05, 3.63) is 77.4 Å². The monoisotopic (exact) mass is 442 g/mol. The van der Waals surface area contributed by atoms with Gasteiger partial charge in [0.05, 0.1) is 5.56 Å². The number of benzene rings is 3. The zero-order valence-electron chi connectivity index (χ0n) is 18.4. The van der Waals surface area contributed by atoms with Crippen LogP contribution in [0.25, 0.3) is 11.1 Å². The lowest BCUT2D eigenvalue weighted by molar-refractivity contribution is 0.0696. The molecule has 1 N–H and O–H groups in total. The van der Waals surface area contributed by atoms with Crippen molar-refractivity contribution in [1.82, 2.24) is 4.90 Å². The highest BCUT2D eigenvalue weighted by molar-refractivity contribution is 5.88. The van der Waals surface area contributed by atoms with Crippen molar-refractivity contribution in [2.45, 2.75) is 25.4 Å². The van der Waals surface area contributed by atoms with Gasteiger partial charge in [-0.3, -0.25) is 4.90 Å². The molecule has 3 aromatic carbocycles. The summed E-state index contributed by atoms with van der Waals surface area (Å²) in [5.74, 6) is 0.758. The second-order valence-corrected chi connectivity index (χ2v) is 8.99. The standard InChI is InChI=1S/C27H26N2O4/c30-27(31)20-6-9-24-19(13-20)5-8-22-16-28(11-12-29(22)24)15-21-3-1-2-4-23(21)18-7-10-25-26(14-18)33-17-32-25/h1-4,6-7,9-10,13-14,22H,5,8,11-12,15-17H2,(H,30,31)/t22-/m1/s1. The van der Waals surface area contributed by atoms with Gasteiger partial charge in [-0.15, -0.1) is 0 Å². The number of carboxylic acid groups (broad SMARTS) is 1. The fourth-order valence-corrected chi connectivity index (χ4v) is 5.39. The first-order valence-electron chi connectivity index (χ1n) is 11.5. The summed E-state index contributed by atoms with van der Waals surface area (Å²) in [5.41, 5.74) is 6.44. The lowest BCUT2D eigenvalue weighted by Gasteiger charge is -2.46. The number of hydrogen-bond donors (Lipinski definition) is 1. The zero-order chi connectivity index (χ0) is 22.4. The van der Waals surface area contributed by atoms with E-state index in [1.165, 1.54) is 16.8 Å². The minimum absolute atomic E-state index is 0.285. The maximum absolute atomic E-state index is 11.3. The molecule has 1 saturated heterocycles. The van der Waals surface area contributed by atoms with E-state index in [0.29, 0.717) is 11.6 Å². The maximum Gasteiger partial charge on any atom is 0.335 e. The van der Waals surface area contributed by atoms with E-state index in [9.17, 15) is 9.90 Å². The number of carbonyl (C=O) groups is 1. The molecule has 0 saturated carbocycles. The lowest BCUT2D eigenvalue weighted by Crippen LogP contribution is -2.54. The predicted molar refractivity (Wildman–Crippen MR) is 126 cm³/mol. The third kappa shape index (κ3) is 3.70. The summed E-state index contributed by atoms with van der Waals surface area (Å²) in [5, 5.41) is 9.31. The number of rotatable bonds is 4. The first-order chi connectivity index (χ1) is 16.2. The molecule has 3 aliphatic rings. The molecular weight excluding hydrogens is 416 g/mol. The van der Waals surface area contributed by atoms with Gasteiger partial charge in [0.15, 0.2) is 11.5 Å². The van der Waals surface area contributed by atoms with Crippen LogP contribution in [-0.2, 0) is 13.0 Å². The highest BCUT2D eigenvalue weighted by Gasteiger charge is 2.32. The van der Waals surface area contributed by atoms with E-state index in [1.807, 2.05) is 18.2 Å². The van der Waals surface area contributed by atoms with Crippen LogP contribution in [0.3, 0.4) is 0 Å². The average molecular weight is 443 g/mol. The number of hydrogen-bond acceptors (Lipinski definition) is 5. The quantitative estimate of drug-likeness (QED) is 0.646. The number of anilines is 1. The van der Waals surface area contributed by atoms with Crippen molar-refractivity contribution in [3.63, 3.8) is 0 Å². The van der Waals surface area contributed by atoms with Crippen LogP contribution >= 0.6 is 0 Å². The van der Waals surface area contributed by atoms with Crippen molar-refractivity contribution in [2.75, 3.05) is 31.3 Å². The van der Waals surface area contributed by atoms with Crippen LogP contribution in [0.2, 0.25) is 0 Å². The third-order valence-corrected chi connectivity index (χ3v) is 7.04. The molecule has 3 aromatic rings. The van der Waals surface area contributed by atoms with Crippen molar-refractivity contribution >= 4 is 11.7 Å². The number of fused-ring (bicyclic) bond motifs is 4. The van der Waals surface area contributed by atoms with Crippen LogP contribution in [0, 0.1) is 0 Å². The van der Waals surface area contributed by atoms with Gasteiger partial charge in [0.2, 0.25) is 6.79 Å². The average Bonchev–Trinajstić information content (AvgIpc) is 3.32. The van der Waals surface area contributed by atoms with E-state index in [1.54, 1.807) is 6.07 Å². The first kappa shape index (κ1) is 20.1. The van der Waals surface area contributed by atoms with E-state index in [0.717, 1.165) is 61.6 Å². The van der Waals surface area contributed by atoms with E-state index >= 15 is 0 Å². The van der Waals surface area contributed by atoms with Crippen LogP contribution in [0.5, 0.6) is 11.5 Å². The highest BCUT2D eigenvalue weighted by atomic mass is 16.7. The Balaban J connectivity index is 1.20. The first-order valence-corrected chi connectivity index (χ1v) is 11.5. The molecule has 0 bridgehead atoms. The molecule has 6 heteroatoms. The fraction of sp³-hybridized carbons (Fsp3) is 0.296. The van der Waals surface area contributed by atoms with Crippen molar-refractivity contribution < 1.29 is 19.4 Å². The Labute approximate surface area is 193 Å². The maximum atomic E-state index is 11.3. The number of aryl methyl sites for hydroxylation is 1. The van der Waals surface area contributed by atoms with Gasteiger partial charge in [-0.05, 0) is 65.4 Å². The van der Waals surface area contributed by atoms with E-state index in [4.69, 9.17) is 9.47 Å². The smallest absolute Gasteiger partial charge is 0.335 e. The molecule has 3 heterocycles. The van der Waals surface area contributed by atoms with Gasteiger partial charge in [0, 0.05) is 37.9 Å². The Morgan fingerprint density at radius 3 is 2.79 bits per heavy atom. The second-order valence-electron chi connectivity index (χ2n) is 8.99. The van der Waals surface area contributed by atoms with Crippen LogP contribution in [-0.4, -0.2) is 48.4 Å². The Hall–Kier alpha value is -3.51. The molecule has 33 heavy (non-hydrogen) atoms. The van der Waals surface area contributed by atoms with E-state index in [-0.39, 0.29) is 6.79 Å². The molecule has 1 fully saturated rings. The molecule has 0 radical (unpaired) electrons. The normalized spacial score (nSPS) is 19.2. The summed E-state index contributed by atoms with van der Waals surface area (Å²) in [6, 6.07) is 20.8. The van der Waals surface area contributed by atoms with E-state index < -0.39 is 5.97 Å². The topological polar surface area (TPSA) is 62.2 Å². The van der Waals surface area contributed by atoms with Crippen LogP contribution < -0.4 is 14.4 Å². The van der Waals surface area contributed by atoms with Crippen LogP contribution in [0.15, 0.2) is 60.7 Å². The fourth-order valence-electron chi connectivity index (χ4n) is 5.39.